The van der Waals surface area contributed by atoms with Gasteiger partial charge in [-0.2, -0.15) is 4.31 Å². The Morgan fingerprint density at radius 3 is 2.24 bits per heavy atom. The number of carbonyl (C=O) groups is 2. The number of nitrogens with two attached hydrogens (primary N) is 1. The van der Waals surface area contributed by atoms with Gasteiger partial charge in [0.25, 0.3) is 0 Å². The summed E-state index contributed by atoms with van der Waals surface area (Å²) in [6.45, 7) is 5.62. The summed E-state index contributed by atoms with van der Waals surface area (Å²) in [4.78, 5) is 22.6. The average Bonchev–Trinajstić information content (AvgIpc) is 2.50. The molecule has 2 rings (SSSR count). The molecular formula is C17H24N2O5S. The molecular weight excluding hydrogens is 344 g/mol. The second kappa shape index (κ2) is 7.13. The predicted molar refractivity (Wildman–Crippen MR) is 92.7 cm³/mol. The summed E-state index contributed by atoms with van der Waals surface area (Å²) in [6, 6.07) is 1.72. The van der Waals surface area contributed by atoms with E-state index >= 15 is 0 Å². The Balaban J connectivity index is 2.43. The van der Waals surface area contributed by atoms with Crippen LogP contribution in [0.3, 0.4) is 0 Å². The van der Waals surface area contributed by atoms with Gasteiger partial charge in [-0.25, -0.2) is 8.42 Å². The van der Waals surface area contributed by atoms with E-state index in [2.05, 4.69) is 0 Å². The highest BCUT2D eigenvalue weighted by Gasteiger charge is 2.33. The number of rotatable bonds is 5. The number of sulfonamides is 1. The summed E-state index contributed by atoms with van der Waals surface area (Å²) in [5, 5.41) is 9.11. The molecule has 7 nitrogen and oxygen atoms in total. The molecule has 3 N–H and O–H groups in total. The zero-order valence-corrected chi connectivity index (χ0v) is 15.5. The third-order valence-electron chi connectivity index (χ3n) is 4.84. The molecule has 1 aromatic rings. The molecule has 0 saturated carbocycles. The smallest absolute Gasteiger partial charge is 0.307 e. The van der Waals surface area contributed by atoms with Crippen molar-refractivity contribution >= 4 is 21.9 Å². The molecule has 0 radical (unpaired) electrons. The van der Waals surface area contributed by atoms with Gasteiger partial charge in [-0.1, -0.05) is 6.07 Å². The first kappa shape index (κ1) is 19.4. The van der Waals surface area contributed by atoms with Gasteiger partial charge in [0.1, 0.15) is 0 Å². The number of nitrogens with zero attached hydrogens (tertiary/aromatic N) is 1. The Kier molecular flexibility index (Phi) is 5.53. The van der Waals surface area contributed by atoms with Crippen molar-refractivity contribution < 1.29 is 23.1 Å². The highest BCUT2D eigenvalue weighted by atomic mass is 32.2. The Morgan fingerprint density at radius 1 is 1.20 bits per heavy atom. The van der Waals surface area contributed by atoms with Gasteiger partial charge in [-0.15, -0.1) is 0 Å². The summed E-state index contributed by atoms with van der Waals surface area (Å²) in [5.74, 6) is -1.70. The fourth-order valence-corrected chi connectivity index (χ4v) is 5.46. The van der Waals surface area contributed by atoms with Crippen LogP contribution in [-0.4, -0.2) is 42.8 Å². The van der Waals surface area contributed by atoms with E-state index in [4.69, 9.17) is 10.8 Å². The molecule has 1 aliphatic rings. The van der Waals surface area contributed by atoms with Crippen LogP contribution in [0.2, 0.25) is 0 Å². The lowest BCUT2D eigenvalue weighted by Crippen LogP contribution is -2.42. The van der Waals surface area contributed by atoms with Crippen molar-refractivity contribution in [2.24, 2.45) is 11.7 Å². The summed E-state index contributed by atoms with van der Waals surface area (Å²) in [5.41, 5.74) is 7.68. The largest absolute Gasteiger partial charge is 0.481 e. The Labute approximate surface area is 147 Å². The third kappa shape index (κ3) is 3.85. The minimum absolute atomic E-state index is 0.173. The number of aliphatic carboxylic acids is 1. The maximum absolute atomic E-state index is 13.1. The van der Waals surface area contributed by atoms with Gasteiger partial charge in [-0.05, 0) is 55.9 Å². The van der Waals surface area contributed by atoms with Crippen LogP contribution < -0.4 is 5.73 Å². The highest BCUT2D eigenvalue weighted by molar-refractivity contribution is 7.89. The van der Waals surface area contributed by atoms with Crippen LogP contribution in [-0.2, 0) is 26.0 Å². The second-order valence-electron chi connectivity index (χ2n) is 6.59. The minimum Gasteiger partial charge on any atom is -0.481 e. The van der Waals surface area contributed by atoms with E-state index in [1.54, 1.807) is 26.8 Å². The van der Waals surface area contributed by atoms with Crippen molar-refractivity contribution in [2.45, 2.75) is 44.9 Å². The van der Waals surface area contributed by atoms with Gasteiger partial charge in [0.15, 0.2) is 0 Å². The van der Waals surface area contributed by atoms with E-state index in [1.165, 1.54) is 4.31 Å². The molecule has 1 aliphatic heterocycles. The second-order valence-corrected chi connectivity index (χ2v) is 8.47. The van der Waals surface area contributed by atoms with Crippen molar-refractivity contribution in [1.82, 2.24) is 4.31 Å². The Bertz CT molecular complexity index is 809. The molecule has 0 aliphatic carbocycles. The topological polar surface area (TPSA) is 118 Å². The van der Waals surface area contributed by atoms with Gasteiger partial charge >= 0.3 is 5.97 Å². The number of amides is 1. The van der Waals surface area contributed by atoms with Crippen LogP contribution in [0.5, 0.6) is 0 Å². The molecule has 25 heavy (non-hydrogen) atoms. The van der Waals surface area contributed by atoms with E-state index in [0.717, 1.165) is 5.56 Å². The van der Waals surface area contributed by atoms with Crippen LogP contribution in [0.25, 0.3) is 0 Å². The van der Waals surface area contributed by atoms with Crippen LogP contribution >= 0.6 is 0 Å². The molecule has 8 heteroatoms. The number of primary amides is 1. The minimum atomic E-state index is -3.76. The van der Waals surface area contributed by atoms with Gasteiger partial charge in [-0.3, -0.25) is 9.59 Å². The summed E-state index contributed by atoms with van der Waals surface area (Å²) in [6.07, 6.45) is 0.589. The molecule has 1 aromatic carbocycles. The van der Waals surface area contributed by atoms with E-state index in [1.807, 2.05) is 0 Å². The number of carboxylic acid groups (broad SMARTS) is 1. The molecule has 1 fully saturated rings. The van der Waals surface area contributed by atoms with Crippen LogP contribution in [0.4, 0.5) is 0 Å². The van der Waals surface area contributed by atoms with Crippen LogP contribution in [0.15, 0.2) is 11.0 Å². The number of hydrogen-bond acceptors (Lipinski definition) is 4. The normalized spacial score (nSPS) is 16.8. The lowest BCUT2D eigenvalue weighted by molar-refractivity contribution is -0.136. The van der Waals surface area contributed by atoms with Crippen LogP contribution in [0.1, 0.15) is 35.1 Å². The first-order valence-electron chi connectivity index (χ1n) is 8.16. The first-order chi connectivity index (χ1) is 11.6. The monoisotopic (exact) mass is 368 g/mol. The number of hydrogen-bond donors (Lipinski definition) is 2. The fraction of sp³-hybridized carbons (Fsp3) is 0.529. The number of carboxylic acids is 1. The molecule has 1 amide bonds. The van der Waals surface area contributed by atoms with Gasteiger partial charge in [0.2, 0.25) is 15.9 Å². The lowest BCUT2D eigenvalue weighted by atomic mass is 9.97. The molecule has 0 atom stereocenters. The Morgan fingerprint density at radius 2 is 1.76 bits per heavy atom. The maximum Gasteiger partial charge on any atom is 0.307 e. The number of carbonyl (C=O) groups excluding carboxylic acids is 1. The van der Waals surface area contributed by atoms with Crippen molar-refractivity contribution in [3.8, 4) is 0 Å². The molecule has 138 valence electrons. The van der Waals surface area contributed by atoms with E-state index in [0.29, 0.717) is 29.5 Å². The summed E-state index contributed by atoms with van der Waals surface area (Å²) < 4.78 is 27.6. The maximum atomic E-state index is 13.1. The first-order valence-corrected chi connectivity index (χ1v) is 9.60. The summed E-state index contributed by atoms with van der Waals surface area (Å²) in [7, 11) is -3.76. The molecule has 0 bridgehead atoms. The van der Waals surface area contributed by atoms with Crippen molar-refractivity contribution in [3.63, 3.8) is 0 Å². The van der Waals surface area contributed by atoms with Gasteiger partial charge in [0, 0.05) is 19.0 Å². The van der Waals surface area contributed by atoms with Crippen molar-refractivity contribution in [1.29, 1.82) is 0 Å². The van der Waals surface area contributed by atoms with E-state index < -0.39 is 21.9 Å². The summed E-state index contributed by atoms with van der Waals surface area (Å²) >= 11 is 0. The zero-order chi connectivity index (χ0) is 18.9. The quantitative estimate of drug-likeness (QED) is 0.807. The van der Waals surface area contributed by atoms with E-state index in [9.17, 15) is 18.0 Å². The standard InChI is InChI=1S/C17H24N2O5S/c1-10-8-11(2)16(12(3)14(10)9-15(20)21)25(23,24)19-6-4-13(5-7-19)17(18)22/h8,13H,4-7,9H2,1-3H3,(H2,18,22)(H,20,21). The zero-order valence-electron chi connectivity index (χ0n) is 14.7. The van der Waals surface area contributed by atoms with Crippen molar-refractivity contribution in [2.75, 3.05) is 13.1 Å². The number of piperidine rings is 1. The number of benzene rings is 1. The van der Waals surface area contributed by atoms with Crippen molar-refractivity contribution in [3.05, 3.63) is 28.3 Å². The highest BCUT2D eigenvalue weighted by Crippen LogP contribution is 2.31. The van der Waals surface area contributed by atoms with Gasteiger partial charge in [0.05, 0.1) is 11.3 Å². The number of aryl methyl sites for hydroxylation is 2. The lowest BCUT2D eigenvalue weighted by Gasteiger charge is -2.31. The molecule has 0 aromatic heterocycles. The molecule has 0 unspecified atom stereocenters. The molecule has 1 saturated heterocycles. The third-order valence-corrected chi connectivity index (χ3v) is 7.03. The van der Waals surface area contributed by atoms with Gasteiger partial charge < -0.3 is 10.8 Å². The fourth-order valence-electron chi connectivity index (χ4n) is 3.54. The average molecular weight is 368 g/mol. The molecule has 1 heterocycles. The Hall–Kier alpha value is -1.93. The van der Waals surface area contributed by atoms with E-state index in [-0.39, 0.29) is 30.3 Å². The van der Waals surface area contributed by atoms with Crippen LogP contribution in [0, 0.1) is 26.7 Å². The SMILES string of the molecule is Cc1cc(C)c(S(=O)(=O)N2CCC(C(N)=O)CC2)c(C)c1CC(=O)O. The predicted octanol–water partition coefficient (Wildman–Crippen LogP) is 1.12. The molecule has 0 spiro atoms.